The number of carbonyl (C=O) groups excluding carboxylic acids is 1. The highest BCUT2D eigenvalue weighted by Gasteiger charge is 2.01. The summed E-state index contributed by atoms with van der Waals surface area (Å²) in [5.74, 6) is 0.110. The van der Waals surface area contributed by atoms with Crippen LogP contribution >= 0.6 is 0 Å². The minimum absolute atomic E-state index is 0.110. The van der Waals surface area contributed by atoms with Crippen LogP contribution in [0, 0.1) is 0 Å². The fourth-order valence-electron chi connectivity index (χ4n) is 1.24. The molecule has 0 unspecified atom stereocenters. The summed E-state index contributed by atoms with van der Waals surface area (Å²) >= 11 is 0. The van der Waals surface area contributed by atoms with Crippen LogP contribution in [0.2, 0.25) is 0 Å². The van der Waals surface area contributed by atoms with Gasteiger partial charge in [-0.15, -0.1) is 0 Å². The van der Waals surface area contributed by atoms with Crippen molar-refractivity contribution < 1.29 is 4.79 Å². The van der Waals surface area contributed by atoms with Crippen molar-refractivity contribution in [3.63, 3.8) is 0 Å². The molecule has 0 bridgehead atoms. The van der Waals surface area contributed by atoms with E-state index in [1.165, 1.54) is 5.56 Å². The average molecular weight is 174 g/mol. The first-order valence-electron chi connectivity index (χ1n) is 4.44. The molecule has 0 atom stereocenters. The molecule has 0 saturated carbocycles. The first-order valence-corrected chi connectivity index (χ1v) is 4.44. The maximum Gasteiger partial charge on any atom is 0.159 e. The van der Waals surface area contributed by atoms with E-state index < -0.39 is 0 Å². The Morgan fingerprint density at radius 1 is 1.46 bits per heavy atom. The summed E-state index contributed by atoms with van der Waals surface area (Å²) in [4.78, 5) is 11.1. The highest BCUT2D eigenvalue weighted by Crippen LogP contribution is 2.12. The third kappa shape index (κ3) is 2.28. The first-order chi connectivity index (χ1) is 6.17. The van der Waals surface area contributed by atoms with E-state index in [-0.39, 0.29) is 5.78 Å². The largest absolute Gasteiger partial charge is 0.295 e. The highest BCUT2D eigenvalue weighted by molar-refractivity contribution is 5.94. The lowest BCUT2D eigenvalue weighted by molar-refractivity contribution is 0.101. The third-order valence-corrected chi connectivity index (χ3v) is 2.07. The van der Waals surface area contributed by atoms with Crippen molar-refractivity contribution in [2.45, 2.75) is 20.3 Å². The van der Waals surface area contributed by atoms with Gasteiger partial charge in [0.15, 0.2) is 5.78 Å². The molecule has 0 spiro atoms. The lowest BCUT2D eigenvalue weighted by Crippen LogP contribution is -1.94. The van der Waals surface area contributed by atoms with E-state index in [2.05, 4.69) is 19.6 Å². The predicted molar refractivity (Wildman–Crippen MR) is 55.9 cm³/mol. The summed E-state index contributed by atoms with van der Waals surface area (Å²) in [6, 6.07) is 5.86. The van der Waals surface area contributed by atoms with Gasteiger partial charge < -0.3 is 0 Å². The van der Waals surface area contributed by atoms with Crippen LogP contribution in [0.3, 0.4) is 0 Å². The van der Waals surface area contributed by atoms with Gasteiger partial charge in [0.2, 0.25) is 0 Å². The standard InChI is InChI=1S/C12H14O/c1-4-10-6-11(5-2)8-12(7-10)9(3)13/h4,6-8H,1,5H2,2-3H3. The lowest BCUT2D eigenvalue weighted by atomic mass is 10.0. The Morgan fingerprint density at radius 2 is 2.15 bits per heavy atom. The number of hydrogen-bond donors (Lipinski definition) is 0. The Morgan fingerprint density at radius 3 is 2.62 bits per heavy atom. The zero-order valence-corrected chi connectivity index (χ0v) is 8.13. The van der Waals surface area contributed by atoms with E-state index in [0.29, 0.717) is 0 Å². The molecular formula is C12H14O. The SMILES string of the molecule is C=Cc1cc(CC)cc(C(C)=O)c1. The molecule has 0 heterocycles. The van der Waals surface area contributed by atoms with Crippen molar-refractivity contribution in [3.05, 3.63) is 41.5 Å². The van der Waals surface area contributed by atoms with Gasteiger partial charge in [0.1, 0.15) is 0 Å². The van der Waals surface area contributed by atoms with E-state index in [0.717, 1.165) is 17.5 Å². The zero-order chi connectivity index (χ0) is 9.84. The minimum atomic E-state index is 0.110. The van der Waals surface area contributed by atoms with Crippen LogP contribution in [0.4, 0.5) is 0 Å². The van der Waals surface area contributed by atoms with Gasteiger partial charge in [-0.25, -0.2) is 0 Å². The maximum absolute atomic E-state index is 11.1. The van der Waals surface area contributed by atoms with Crippen molar-refractivity contribution in [1.29, 1.82) is 0 Å². The molecule has 1 rings (SSSR count). The molecule has 0 saturated heterocycles. The van der Waals surface area contributed by atoms with E-state index in [4.69, 9.17) is 0 Å². The van der Waals surface area contributed by atoms with Crippen LogP contribution in [-0.2, 0) is 6.42 Å². The quantitative estimate of drug-likeness (QED) is 0.643. The number of hydrogen-bond acceptors (Lipinski definition) is 1. The number of aryl methyl sites for hydroxylation is 1. The van der Waals surface area contributed by atoms with E-state index in [1.807, 2.05) is 12.1 Å². The highest BCUT2D eigenvalue weighted by atomic mass is 16.1. The normalized spacial score (nSPS) is 9.69. The van der Waals surface area contributed by atoms with Gasteiger partial charge >= 0.3 is 0 Å². The number of benzene rings is 1. The van der Waals surface area contributed by atoms with Crippen LogP contribution in [-0.4, -0.2) is 5.78 Å². The van der Waals surface area contributed by atoms with Gasteiger partial charge in [-0.2, -0.15) is 0 Å². The summed E-state index contributed by atoms with van der Waals surface area (Å²) < 4.78 is 0. The van der Waals surface area contributed by atoms with Crippen molar-refractivity contribution in [2.24, 2.45) is 0 Å². The Labute approximate surface area is 79.1 Å². The Kier molecular flexibility index (Phi) is 3.02. The van der Waals surface area contributed by atoms with Gasteiger partial charge in [-0.3, -0.25) is 4.79 Å². The topological polar surface area (TPSA) is 17.1 Å². The van der Waals surface area contributed by atoms with Crippen LogP contribution in [0.1, 0.15) is 35.3 Å². The molecule has 0 fully saturated rings. The number of ketones is 1. The van der Waals surface area contributed by atoms with Gasteiger partial charge in [0.25, 0.3) is 0 Å². The van der Waals surface area contributed by atoms with Crippen molar-refractivity contribution >= 4 is 11.9 Å². The molecule has 1 aromatic rings. The Balaban J connectivity index is 3.22. The predicted octanol–water partition coefficient (Wildman–Crippen LogP) is 3.09. The van der Waals surface area contributed by atoms with Crippen molar-refractivity contribution in [3.8, 4) is 0 Å². The van der Waals surface area contributed by atoms with Gasteiger partial charge in [0.05, 0.1) is 0 Å². The van der Waals surface area contributed by atoms with Gasteiger partial charge in [-0.05, 0) is 36.6 Å². The second-order valence-electron chi connectivity index (χ2n) is 3.08. The summed E-state index contributed by atoms with van der Waals surface area (Å²) in [6.45, 7) is 7.36. The fraction of sp³-hybridized carbons (Fsp3) is 0.250. The van der Waals surface area contributed by atoms with Crippen LogP contribution in [0.5, 0.6) is 0 Å². The minimum Gasteiger partial charge on any atom is -0.295 e. The molecule has 0 aromatic heterocycles. The molecule has 0 aliphatic heterocycles. The second-order valence-corrected chi connectivity index (χ2v) is 3.08. The van der Waals surface area contributed by atoms with Crippen LogP contribution < -0.4 is 0 Å². The molecule has 0 amide bonds. The second kappa shape index (κ2) is 4.04. The molecule has 0 radical (unpaired) electrons. The zero-order valence-electron chi connectivity index (χ0n) is 8.13. The van der Waals surface area contributed by atoms with Crippen LogP contribution in [0.25, 0.3) is 6.08 Å². The Bertz CT molecular complexity index is 337. The molecule has 0 aliphatic carbocycles. The van der Waals surface area contributed by atoms with Crippen molar-refractivity contribution in [1.82, 2.24) is 0 Å². The molecule has 1 heteroatoms. The molecular weight excluding hydrogens is 160 g/mol. The Hall–Kier alpha value is -1.37. The molecule has 0 aliphatic rings. The molecule has 68 valence electrons. The summed E-state index contributed by atoms with van der Waals surface area (Å²) in [5.41, 5.74) is 2.97. The monoisotopic (exact) mass is 174 g/mol. The van der Waals surface area contributed by atoms with Crippen LogP contribution in [0.15, 0.2) is 24.8 Å². The van der Waals surface area contributed by atoms with Gasteiger partial charge in [-0.1, -0.05) is 25.6 Å². The third-order valence-electron chi connectivity index (χ3n) is 2.07. The maximum atomic E-state index is 11.1. The molecule has 1 nitrogen and oxygen atoms in total. The lowest BCUT2D eigenvalue weighted by Gasteiger charge is -2.02. The van der Waals surface area contributed by atoms with E-state index in [1.54, 1.807) is 13.0 Å². The van der Waals surface area contributed by atoms with Gasteiger partial charge in [0, 0.05) is 5.56 Å². The smallest absolute Gasteiger partial charge is 0.159 e. The summed E-state index contributed by atoms with van der Waals surface area (Å²) in [5, 5.41) is 0. The molecule has 13 heavy (non-hydrogen) atoms. The van der Waals surface area contributed by atoms with Crippen molar-refractivity contribution in [2.75, 3.05) is 0 Å². The summed E-state index contributed by atoms with van der Waals surface area (Å²) in [6.07, 6.45) is 2.72. The number of carbonyl (C=O) groups is 1. The molecule has 0 N–H and O–H groups in total. The molecule has 1 aromatic carbocycles. The van der Waals surface area contributed by atoms with E-state index >= 15 is 0 Å². The van der Waals surface area contributed by atoms with E-state index in [9.17, 15) is 4.79 Å². The number of rotatable bonds is 3. The number of Topliss-reactive ketones (excluding diaryl/α,β-unsaturated/α-hetero) is 1. The summed E-state index contributed by atoms with van der Waals surface area (Å²) in [7, 11) is 0. The fourth-order valence-corrected chi connectivity index (χ4v) is 1.24. The average Bonchev–Trinajstić information content (AvgIpc) is 2.16. The first kappa shape index (κ1) is 9.72.